The number of carbonyl (C=O) groups excluding carboxylic acids is 1. The molecule has 3 N–H and O–H groups in total. The monoisotopic (exact) mass is 195 g/mol. The van der Waals surface area contributed by atoms with E-state index >= 15 is 0 Å². The van der Waals surface area contributed by atoms with Crippen molar-refractivity contribution in [3.05, 3.63) is 18.5 Å². The Kier molecular flexibility index (Phi) is 3.72. The number of pyridine rings is 1. The van der Waals surface area contributed by atoms with Gasteiger partial charge in [-0.15, -0.1) is 0 Å². The standard InChI is InChI=1S/C9H13N3O2/c1-2-14-9(13)6-12-8-3-7(10)4-11-5-8/h3-5,12H,2,6,10H2,1H3. The number of hydrogen-bond donors (Lipinski definition) is 2. The van der Waals surface area contributed by atoms with E-state index in [1.165, 1.54) is 6.20 Å². The normalized spacial score (nSPS) is 9.50. The molecular weight excluding hydrogens is 182 g/mol. The zero-order valence-corrected chi connectivity index (χ0v) is 7.99. The largest absolute Gasteiger partial charge is 0.465 e. The molecule has 0 spiro atoms. The predicted molar refractivity (Wildman–Crippen MR) is 53.8 cm³/mol. The Morgan fingerprint density at radius 3 is 3.07 bits per heavy atom. The third-order valence-corrected chi connectivity index (χ3v) is 1.50. The number of ether oxygens (including phenoxy) is 1. The third kappa shape index (κ3) is 3.30. The minimum absolute atomic E-state index is 0.124. The highest BCUT2D eigenvalue weighted by atomic mass is 16.5. The molecule has 1 aromatic heterocycles. The van der Waals surface area contributed by atoms with Crippen molar-refractivity contribution < 1.29 is 9.53 Å². The van der Waals surface area contributed by atoms with Gasteiger partial charge in [-0.1, -0.05) is 0 Å². The van der Waals surface area contributed by atoms with E-state index in [1.807, 2.05) is 0 Å². The number of nitrogens with one attached hydrogen (secondary N) is 1. The van der Waals surface area contributed by atoms with Crippen LogP contribution in [0.2, 0.25) is 0 Å². The van der Waals surface area contributed by atoms with Crippen LogP contribution in [-0.2, 0) is 9.53 Å². The van der Waals surface area contributed by atoms with Crippen LogP contribution in [0.1, 0.15) is 6.92 Å². The molecule has 0 atom stereocenters. The average Bonchev–Trinajstić information content (AvgIpc) is 2.15. The third-order valence-electron chi connectivity index (χ3n) is 1.50. The number of esters is 1. The van der Waals surface area contributed by atoms with E-state index in [1.54, 1.807) is 19.2 Å². The van der Waals surface area contributed by atoms with E-state index in [9.17, 15) is 4.79 Å². The molecule has 1 aromatic rings. The Labute approximate surface area is 82.3 Å². The Bertz CT molecular complexity index is 315. The second-order valence-electron chi connectivity index (χ2n) is 2.67. The molecule has 1 rings (SSSR count). The molecule has 0 radical (unpaired) electrons. The summed E-state index contributed by atoms with van der Waals surface area (Å²) in [6.07, 6.45) is 3.13. The first-order valence-corrected chi connectivity index (χ1v) is 4.32. The summed E-state index contributed by atoms with van der Waals surface area (Å²) in [5.74, 6) is -0.296. The van der Waals surface area contributed by atoms with Gasteiger partial charge in [0.25, 0.3) is 0 Å². The molecule has 0 amide bonds. The lowest BCUT2D eigenvalue weighted by atomic mass is 10.4. The molecule has 0 unspecified atom stereocenters. The maximum Gasteiger partial charge on any atom is 0.325 e. The fourth-order valence-electron chi connectivity index (χ4n) is 0.941. The number of hydrogen-bond acceptors (Lipinski definition) is 5. The molecule has 5 heteroatoms. The molecule has 76 valence electrons. The minimum atomic E-state index is -0.296. The van der Waals surface area contributed by atoms with E-state index < -0.39 is 0 Å². The Morgan fingerprint density at radius 1 is 1.64 bits per heavy atom. The zero-order valence-electron chi connectivity index (χ0n) is 7.99. The van der Waals surface area contributed by atoms with Crippen molar-refractivity contribution in [1.82, 2.24) is 4.98 Å². The summed E-state index contributed by atoms with van der Waals surface area (Å²) in [5, 5.41) is 2.85. The fraction of sp³-hybridized carbons (Fsp3) is 0.333. The summed E-state index contributed by atoms with van der Waals surface area (Å²) in [7, 11) is 0. The average molecular weight is 195 g/mol. The van der Waals surface area contributed by atoms with Crippen molar-refractivity contribution in [2.45, 2.75) is 6.92 Å². The van der Waals surface area contributed by atoms with Crippen LogP contribution >= 0.6 is 0 Å². The summed E-state index contributed by atoms with van der Waals surface area (Å²) in [5.41, 5.74) is 6.77. The van der Waals surface area contributed by atoms with Gasteiger partial charge in [0.1, 0.15) is 6.54 Å². The summed E-state index contributed by atoms with van der Waals surface area (Å²) < 4.78 is 4.74. The number of rotatable bonds is 4. The fourth-order valence-corrected chi connectivity index (χ4v) is 0.941. The molecule has 0 aliphatic heterocycles. The molecule has 0 saturated carbocycles. The molecule has 0 fully saturated rings. The number of carbonyl (C=O) groups is 1. The number of aromatic nitrogens is 1. The number of anilines is 2. The Balaban J connectivity index is 2.41. The molecule has 14 heavy (non-hydrogen) atoms. The summed E-state index contributed by atoms with van der Waals surface area (Å²) >= 11 is 0. The summed E-state index contributed by atoms with van der Waals surface area (Å²) in [6, 6.07) is 1.70. The van der Waals surface area contributed by atoms with Crippen LogP contribution < -0.4 is 11.1 Å². The van der Waals surface area contributed by atoms with E-state index in [0.29, 0.717) is 18.0 Å². The van der Waals surface area contributed by atoms with E-state index in [0.717, 1.165) is 0 Å². The quantitative estimate of drug-likeness (QED) is 0.689. The van der Waals surface area contributed by atoms with Crippen LogP contribution in [0.4, 0.5) is 11.4 Å². The van der Waals surface area contributed by atoms with Gasteiger partial charge in [-0.05, 0) is 13.0 Å². The summed E-state index contributed by atoms with van der Waals surface area (Å²) in [4.78, 5) is 14.8. The topological polar surface area (TPSA) is 77.2 Å². The van der Waals surface area contributed by atoms with Crippen LogP contribution in [-0.4, -0.2) is 24.1 Å². The van der Waals surface area contributed by atoms with Gasteiger partial charge < -0.3 is 15.8 Å². The van der Waals surface area contributed by atoms with Gasteiger partial charge in [-0.3, -0.25) is 9.78 Å². The second-order valence-corrected chi connectivity index (χ2v) is 2.67. The van der Waals surface area contributed by atoms with Gasteiger partial charge in [0, 0.05) is 6.20 Å². The maximum absolute atomic E-state index is 11.0. The van der Waals surface area contributed by atoms with Crippen LogP contribution in [0.5, 0.6) is 0 Å². The maximum atomic E-state index is 11.0. The van der Waals surface area contributed by atoms with Gasteiger partial charge >= 0.3 is 5.97 Å². The van der Waals surface area contributed by atoms with Crippen molar-refractivity contribution in [1.29, 1.82) is 0 Å². The molecule has 5 nitrogen and oxygen atoms in total. The smallest absolute Gasteiger partial charge is 0.325 e. The lowest BCUT2D eigenvalue weighted by Gasteiger charge is -2.05. The molecule has 0 aliphatic carbocycles. The van der Waals surface area contributed by atoms with Crippen molar-refractivity contribution in [3.63, 3.8) is 0 Å². The first kappa shape index (κ1) is 10.3. The van der Waals surface area contributed by atoms with E-state index in [4.69, 9.17) is 10.5 Å². The SMILES string of the molecule is CCOC(=O)CNc1cncc(N)c1. The molecule has 0 bridgehead atoms. The molecular formula is C9H13N3O2. The van der Waals surface area contributed by atoms with Crippen molar-refractivity contribution in [3.8, 4) is 0 Å². The highest BCUT2D eigenvalue weighted by Gasteiger charge is 2.00. The van der Waals surface area contributed by atoms with Crippen molar-refractivity contribution in [2.75, 3.05) is 24.2 Å². The minimum Gasteiger partial charge on any atom is -0.465 e. The van der Waals surface area contributed by atoms with Gasteiger partial charge in [0.2, 0.25) is 0 Å². The first-order chi connectivity index (χ1) is 6.72. The second kappa shape index (κ2) is 5.06. The Morgan fingerprint density at radius 2 is 2.43 bits per heavy atom. The van der Waals surface area contributed by atoms with Crippen LogP contribution in [0.15, 0.2) is 18.5 Å². The van der Waals surface area contributed by atoms with E-state index in [2.05, 4.69) is 10.3 Å². The number of nitrogens with zero attached hydrogens (tertiary/aromatic N) is 1. The summed E-state index contributed by atoms with van der Waals surface area (Å²) in [6.45, 7) is 2.27. The van der Waals surface area contributed by atoms with Crippen LogP contribution in [0.3, 0.4) is 0 Å². The van der Waals surface area contributed by atoms with Crippen LogP contribution in [0, 0.1) is 0 Å². The van der Waals surface area contributed by atoms with Crippen molar-refractivity contribution in [2.24, 2.45) is 0 Å². The first-order valence-electron chi connectivity index (χ1n) is 4.32. The van der Waals surface area contributed by atoms with E-state index in [-0.39, 0.29) is 12.5 Å². The highest BCUT2D eigenvalue weighted by molar-refractivity contribution is 5.75. The number of nitrogens with two attached hydrogens (primary N) is 1. The van der Waals surface area contributed by atoms with Crippen molar-refractivity contribution >= 4 is 17.3 Å². The zero-order chi connectivity index (χ0) is 10.4. The number of nitrogen functional groups attached to an aromatic ring is 1. The molecule has 1 heterocycles. The van der Waals surface area contributed by atoms with Gasteiger partial charge in [-0.2, -0.15) is 0 Å². The Hall–Kier alpha value is -1.78. The molecule has 0 aromatic carbocycles. The molecule has 0 aliphatic rings. The predicted octanol–water partition coefficient (Wildman–Crippen LogP) is 0.639. The lowest BCUT2D eigenvalue weighted by molar-refractivity contribution is -0.140. The van der Waals surface area contributed by atoms with Gasteiger partial charge in [0.05, 0.1) is 24.2 Å². The lowest BCUT2D eigenvalue weighted by Crippen LogP contribution is -2.16. The van der Waals surface area contributed by atoms with Gasteiger partial charge in [0.15, 0.2) is 0 Å². The van der Waals surface area contributed by atoms with Crippen LogP contribution in [0.25, 0.3) is 0 Å². The molecule has 0 saturated heterocycles. The van der Waals surface area contributed by atoms with Gasteiger partial charge in [-0.25, -0.2) is 0 Å². The highest BCUT2D eigenvalue weighted by Crippen LogP contribution is 2.08.